The van der Waals surface area contributed by atoms with Crippen LogP contribution in [0.4, 0.5) is 13.6 Å². The van der Waals surface area contributed by atoms with Crippen molar-refractivity contribution in [2.45, 2.75) is 37.8 Å². The summed E-state index contributed by atoms with van der Waals surface area (Å²) in [4.78, 5) is 33.8. The van der Waals surface area contributed by atoms with Gasteiger partial charge in [0, 0.05) is 18.9 Å². The summed E-state index contributed by atoms with van der Waals surface area (Å²) in [5.41, 5.74) is 0. The number of aliphatic hydroxyl groups is 1. The van der Waals surface area contributed by atoms with Crippen molar-refractivity contribution in [3.63, 3.8) is 0 Å². The summed E-state index contributed by atoms with van der Waals surface area (Å²) >= 11 is 0. The molecule has 22 heavy (non-hydrogen) atoms. The molecule has 10 heteroatoms. The van der Waals surface area contributed by atoms with E-state index in [4.69, 9.17) is 5.11 Å². The maximum atomic E-state index is 12.4. The summed E-state index contributed by atoms with van der Waals surface area (Å²) in [5, 5.41) is 24.4. The van der Waals surface area contributed by atoms with Gasteiger partial charge in [0.25, 0.3) is 0 Å². The Morgan fingerprint density at radius 3 is 2.50 bits per heavy atom. The fourth-order valence-corrected chi connectivity index (χ4v) is 2.25. The van der Waals surface area contributed by atoms with Crippen LogP contribution in [0.5, 0.6) is 0 Å². The van der Waals surface area contributed by atoms with Crippen LogP contribution in [-0.4, -0.2) is 59.8 Å². The molecule has 3 amide bonds. The number of hydrogen-bond acceptors (Lipinski definition) is 4. The predicted octanol–water partition coefficient (Wildman–Crippen LogP) is -0.719. The topological polar surface area (TPSA) is 128 Å². The minimum absolute atomic E-state index is 0.155. The van der Waals surface area contributed by atoms with E-state index in [1.165, 1.54) is 0 Å². The maximum Gasteiger partial charge on any atom is 0.405 e. The van der Waals surface area contributed by atoms with Crippen LogP contribution in [0.3, 0.4) is 0 Å². The van der Waals surface area contributed by atoms with Crippen molar-refractivity contribution in [3.8, 4) is 0 Å². The quantitative estimate of drug-likeness (QED) is 0.403. The number of carboxylic acid groups (broad SMARTS) is 1. The molecule has 0 aromatic heterocycles. The van der Waals surface area contributed by atoms with Gasteiger partial charge in [0.1, 0.15) is 6.04 Å². The number of carbonyl (C=O) groups is 3. The van der Waals surface area contributed by atoms with Crippen LogP contribution < -0.4 is 16.0 Å². The van der Waals surface area contributed by atoms with Gasteiger partial charge in [-0.05, 0) is 12.8 Å². The molecule has 0 aromatic carbocycles. The van der Waals surface area contributed by atoms with Crippen molar-refractivity contribution in [2.75, 3.05) is 13.2 Å². The lowest BCUT2D eigenvalue weighted by Gasteiger charge is -2.22. The molecule has 1 heterocycles. The normalized spacial score (nSPS) is 20.4. The number of aliphatic hydroxyl groups excluding tert-OH is 1. The Bertz CT molecular complexity index is 422. The second-order valence-corrected chi connectivity index (χ2v) is 5.03. The molecule has 0 unspecified atom stereocenters. The number of alkyl halides is 2. The van der Waals surface area contributed by atoms with E-state index < -0.39 is 43.5 Å². The lowest BCUT2D eigenvalue weighted by molar-refractivity contribution is -0.126. The molecule has 1 saturated heterocycles. The van der Waals surface area contributed by atoms with Crippen molar-refractivity contribution in [3.05, 3.63) is 0 Å². The van der Waals surface area contributed by atoms with Crippen LogP contribution in [0.1, 0.15) is 19.3 Å². The molecule has 1 fully saturated rings. The molecule has 5 N–H and O–H groups in total. The molecule has 0 aromatic rings. The predicted molar refractivity (Wildman–Crippen MR) is 70.3 cm³/mol. The van der Waals surface area contributed by atoms with Crippen molar-refractivity contribution in [2.24, 2.45) is 5.92 Å². The Morgan fingerprint density at radius 1 is 1.36 bits per heavy atom. The molecule has 1 rings (SSSR count). The highest BCUT2D eigenvalue weighted by Crippen LogP contribution is 2.16. The second-order valence-electron chi connectivity index (χ2n) is 5.03. The Hall–Kier alpha value is -1.97. The number of nitrogens with one attached hydrogen (secondary N) is 3. The van der Waals surface area contributed by atoms with Crippen LogP contribution in [-0.2, 0) is 9.59 Å². The highest BCUT2D eigenvalue weighted by Gasteiger charge is 2.30. The van der Waals surface area contributed by atoms with Gasteiger partial charge in [-0.1, -0.05) is 0 Å². The molecular weight excluding hydrogens is 304 g/mol. The van der Waals surface area contributed by atoms with Crippen LogP contribution in [0.2, 0.25) is 0 Å². The largest absolute Gasteiger partial charge is 0.465 e. The van der Waals surface area contributed by atoms with E-state index in [1.807, 2.05) is 0 Å². The van der Waals surface area contributed by atoms with E-state index in [-0.39, 0.29) is 18.2 Å². The van der Waals surface area contributed by atoms with Crippen molar-refractivity contribution >= 4 is 17.9 Å². The first-order chi connectivity index (χ1) is 10.3. The second kappa shape index (κ2) is 8.47. The zero-order valence-corrected chi connectivity index (χ0v) is 11.7. The van der Waals surface area contributed by atoms with Gasteiger partial charge in [0.2, 0.25) is 18.2 Å². The number of carbonyl (C=O) groups excluding carboxylic acids is 2. The molecule has 0 spiro atoms. The number of amides is 3. The van der Waals surface area contributed by atoms with Crippen molar-refractivity contribution in [1.82, 2.24) is 16.0 Å². The van der Waals surface area contributed by atoms with E-state index in [0.717, 1.165) is 0 Å². The third-order valence-electron chi connectivity index (χ3n) is 3.33. The van der Waals surface area contributed by atoms with Gasteiger partial charge in [-0.2, -0.15) is 0 Å². The minimum atomic E-state index is -2.87. The van der Waals surface area contributed by atoms with E-state index in [9.17, 15) is 28.3 Å². The molecule has 8 nitrogen and oxygen atoms in total. The van der Waals surface area contributed by atoms with Gasteiger partial charge in [-0.25, -0.2) is 13.6 Å². The summed E-state index contributed by atoms with van der Waals surface area (Å²) in [7, 11) is 0. The Morgan fingerprint density at radius 2 is 2.05 bits per heavy atom. The molecule has 1 aliphatic heterocycles. The Kier molecular flexibility index (Phi) is 6.96. The molecular formula is C12H19F2N3O5. The third-order valence-corrected chi connectivity index (χ3v) is 3.33. The first-order valence-corrected chi connectivity index (χ1v) is 6.80. The van der Waals surface area contributed by atoms with E-state index in [0.29, 0.717) is 13.0 Å². The van der Waals surface area contributed by atoms with Crippen LogP contribution in [0, 0.1) is 5.92 Å². The van der Waals surface area contributed by atoms with Crippen molar-refractivity contribution < 1.29 is 33.4 Å². The highest BCUT2D eigenvalue weighted by atomic mass is 19.3. The lowest BCUT2D eigenvalue weighted by Crippen LogP contribution is -2.51. The molecule has 1 aliphatic rings. The van der Waals surface area contributed by atoms with Gasteiger partial charge < -0.3 is 26.2 Å². The fourth-order valence-electron chi connectivity index (χ4n) is 2.25. The highest BCUT2D eigenvalue weighted by molar-refractivity contribution is 5.85. The van der Waals surface area contributed by atoms with Gasteiger partial charge >= 0.3 is 6.09 Å². The monoisotopic (exact) mass is 323 g/mol. The Labute approximate surface area is 125 Å². The van der Waals surface area contributed by atoms with Crippen LogP contribution in [0.15, 0.2) is 0 Å². The van der Waals surface area contributed by atoms with E-state index in [2.05, 4.69) is 10.6 Å². The first kappa shape index (κ1) is 18.1. The standard InChI is InChI=1S/C12H19F2N3O5/c13-9(14)4-8(17-12(21)22)11(20)16-7(5-18)3-6-1-2-15-10(6)19/h6-9,17-18H,1-5H2,(H,15,19)(H,16,20)(H,21,22)/t6-,7-,8-/m0/s1. The Balaban J connectivity index is 2.59. The molecule has 0 radical (unpaired) electrons. The molecule has 0 bridgehead atoms. The molecule has 3 atom stereocenters. The summed E-state index contributed by atoms with van der Waals surface area (Å²) in [6, 6.07) is -2.43. The number of halogens is 2. The average Bonchev–Trinajstić information content (AvgIpc) is 2.81. The summed E-state index contributed by atoms with van der Waals surface area (Å²) in [5.74, 6) is -1.53. The summed E-state index contributed by atoms with van der Waals surface area (Å²) < 4.78 is 24.8. The number of rotatable bonds is 8. The van der Waals surface area contributed by atoms with Gasteiger partial charge in [-0.15, -0.1) is 0 Å². The lowest BCUT2D eigenvalue weighted by atomic mass is 9.98. The SMILES string of the molecule is O=C(O)N[C@@H](CC(F)F)C(=O)N[C@H](CO)C[C@@H]1CCNC1=O. The molecule has 126 valence electrons. The molecule has 0 saturated carbocycles. The van der Waals surface area contributed by atoms with Crippen LogP contribution in [0.25, 0.3) is 0 Å². The zero-order chi connectivity index (χ0) is 16.7. The summed E-state index contributed by atoms with van der Waals surface area (Å²) in [6.07, 6.45) is -4.73. The average molecular weight is 323 g/mol. The fraction of sp³-hybridized carbons (Fsp3) is 0.750. The maximum absolute atomic E-state index is 12.4. The third kappa shape index (κ3) is 5.80. The van der Waals surface area contributed by atoms with E-state index in [1.54, 1.807) is 5.32 Å². The zero-order valence-electron chi connectivity index (χ0n) is 11.7. The van der Waals surface area contributed by atoms with E-state index >= 15 is 0 Å². The van der Waals surface area contributed by atoms with Gasteiger partial charge in [-0.3, -0.25) is 9.59 Å². The smallest absolute Gasteiger partial charge is 0.405 e. The molecule has 0 aliphatic carbocycles. The van der Waals surface area contributed by atoms with Gasteiger partial charge in [0.05, 0.1) is 12.6 Å². The van der Waals surface area contributed by atoms with Crippen LogP contribution >= 0.6 is 0 Å². The number of hydrogen-bond donors (Lipinski definition) is 5. The van der Waals surface area contributed by atoms with Crippen molar-refractivity contribution in [1.29, 1.82) is 0 Å². The first-order valence-electron chi connectivity index (χ1n) is 6.80. The van der Waals surface area contributed by atoms with Gasteiger partial charge in [0.15, 0.2) is 0 Å². The summed E-state index contributed by atoms with van der Waals surface area (Å²) in [6.45, 7) is 0.0220. The minimum Gasteiger partial charge on any atom is -0.465 e.